The number of azide groups is 1. The number of amides is 2. The van der Waals surface area contributed by atoms with Gasteiger partial charge in [-0.1, -0.05) is 16.8 Å². The monoisotopic (exact) mass is 263 g/mol. The maximum absolute atomic E-state index is 11.9. The fraction of sp³-hybridized carbons (Fsp3) is 0.455. The SMILES string of the molecule is CCOC(=O)N1C=CC(C)=C[C@@H]2[C@@H](N=[N+]=[N-])C(=O)N21. The minimum atomic E-state index is -0.809. The summed E-state index contributed by atoms with van der Waals surface area (Å²) in [5, 5.41) is 5.78. The van der Waals surface area contributed by atoms with Crippen LogP contribution in [0.2, 0.25) is 0 Å². The van der Waals surface area contributed by atoms with E-state index in [9.17, 15) is 9.59 Å². The fourth-order valence-electron chi connectivity index (χ4n) is 1.99. The lowest BCUT2D eigenvalue weighted by atomic mass is 9.96. The zero-order valence-electron chi connectivity index (χ0n) is 10.6. The van der Waals surface area contributed by atoms with Crippen LogP contribution in [0.25, 0.3) is 10.4 Å². The van der Waals surface area contributed by atoms with Gasteiger partial charge in [-0.05, 0) is 25.5 Å². The summed E-state index contributed by atoms with van der Waals surface area (Å²) in [5.74, 6) is -0.425. The quantitative estimate of drug-likeness (QED) is 0.328. The predicted octanol–water partition coefficient (Wildman–Crippen LogP) is 1.72. The number of hydrogen-bond donors (Lipinski definition) is 0. The molecule has 0 saturated carbocycles. The van der Waals surface area contributed by atoms with E-state index in [1.165, 1.54) is 11.2 Å². The van der Waals surface area contributed by atoms with E-state index in [-0.39, 0.29) is 6.61 Å². The van der Waals surface area contributed by atoms with Gasteiger partial charge in [-0.3, -0.25) is 4.79 Å². The topological polar surface area (TPSA) is 98.6 Å². The molecule has 19 heavy (non-hydrogen) atoms. The molecule has 100 valence electrons. The lowest BCUT2D eigenvalue weighted by molar-refractivity contribution is -0.165. The van der Waals surface area contributed by atoms with Crippen LogP contribution in [-0.2, 0) is 9.53 Å². The normalized spacial score (nSPS) is 24.7. The van der Waals surface area contributed by atoms with Crippen molar-refractivity contribution in [3.05, 3.63) is 34.4 Å². The van der Waals surface area contributed by atoms with Crippen molar-refractivity contribution in [2.24, 2.45) is 5.11 Å². The van der Waals surface area contributed by atoms with Crippen molar-refractivity contribution in [3.63, 3.8) is 0 Å². The first kappa shape index (κ1) is 13.0. The minimum absolute atomic E-state index is 0.210. The van der Waals surface area contributed by atoms with Crippen LogP contribution >= 0.6 is 0 Å². The third-order valence-electron chi connectivity index (χ3n) is 2.86. The number of β-lactam (4-membered cyclic amide) rings is 1. The molecule has 2 heterocycles. The van der Waals surface area contributed by atoms with E-state index in [4.69, 9.17) is 10.3 Å². The molecule has 0 bridgehead atoms. The molecule has 0 aromatic heterocycles. The summed E-state index contributed by atoms with van der Waals surface area (Å²) in [4.78, 5) is 26.4. The third kappa shape index (κ3) is 2.13. The Kier molecular flexibility index (Phi) is 3.43. The van der Waals surface area contributed by atoms with E-state index < -0.39 is 24.1 Å². The second kappa shape index (κ2) is 5.03. The van der Waals surface area contributed by atoms with E-state index in [1.54, 1.807) is 19.1 Å². The van der Waals surface area contributed by atoms with Gasteiger partial charge < -0.3 is 4.74 Å². The van der Waals surface area contributed by atoms with Gasteiger partial charge in [0.25, 0.3) is 5.91 Å². The zero-order chi connectivity index (χ0) is 14.0. The number of rotatable bonds is 2. The second-order valence-corrected chi connectivity index (χ2v) is 4.09. The van der Waals surface area contributed by atoms with Crippen LogP contribution in [0.3, 0.4) is 0 Å². The molecule has 1 fully saturated rings. The molecule has 0 radical (unpaired) electrons. The van der Waals surface area contributed by atoms with Crippen molar-refractivity contribution < 1.29 is 14.3 Å². The van der Waals surface area contributed by atoms with E-state index in [1.807, 2.05) is 6.92 Å². The molecule has 2 aliphatic rings. The summed E-state index contributed by atoms with van der Waals surface area (Å²) in [6, 6.07) is -1.26. The maximum atomic E-state index is 11.9. The molecule has 0 spiro atoms. The molecule has 2 atom stereocenters. The average molecular weight is 263 g/mol. The van der Waals surface area contributed by atoms with E-state index in [2.05, 4.69) is 10.0 Å². The number of hydrogen-bond acceptors (Lipinski definition) is 4. The Balaban J connectivity index is 2.30. The van der Waals surface area contributed by atoms with Crippen LogP contribution in [0.15, 0.2) is 29.0 Å². The number of carbonyl (C=O) groups is 2. The van der Waals surface area contributed by atoms with Gasteiger partial charge in [0, 0.05) is 11.1 Å². The Labute approximate surface area is 109 Å². The number of nitrogens with zero attached hydrogens (tertiary/aromatic N) is 5. The van der Waals surface area contributed by atoms with Crippen molar-refractivity contribution in [1.29, 1.82) is 0 Å². The molecule has 2 amide bonds. The molecule has 2 rings (SSSR count). The summed E-state index contributed by atoms with van der Waals surface area (Å²) in [6.45, 7) is 3.72. The Morgan fingerprint density at radius 1 is 1.63 bits per heavy atom. The third-order valence-corrected chi connectivity index (χ3v) is 2.86. The van der Waals surface area contributed by atoms with Gasteiger partial charge in [-0.2, -0.15) is 5.01 Å². The van der Waals surface area contributed by atoms with Gasteiger partial charge in [0.15, 0.2) is 0 Å². The minimum Gasteiger partial charge on any atom is -0.448 e. The Bertz CT molecular complexity index is 520. The van der Waals surface area contributed by atoms with Crippen LogP contribution in [0.4, 0.5) is 4.79 Å². The van der Waals surface area contributed by atoms with Gasteiger partial charge in [0.1, 0.15) is 6.04 Å². The molecule has 8 nitrogen and oxygen atoms in total. The molecule has 0 aliphatic carbocycles. The fourth-order valence-corrected chi connectivity index (χ4v) is 1.99. The van der Waals surface area contributed by atoms with E-state index in [0.717, 1.165) is 10.6 Å². The van der Waals surface area contributed by atoms with Crippen molar-refractivity contribution in [2.75, 3.05) is 6.61 Å². The largest absolute Gasteiger partial charge is 0.448 e. The molecule has 0 aromatic rings. The Morgan fingerprint density at radius 3 is 3.00 bits per heavy atom. The van der Waals surface area contributed by atoms with Crippen molar-refractivity contribution in [3.8, 4) is 0 Å². The first-order valence-electron chi connectivity index (χ1n) is 5.80. The van der Waals surface area contributed by atoms with Crippen LogP contribution in [0.5, 0.6) is 0 Å². The molecule has 1 saturated heterocycles. The van der Waals surface area contributed by atoms with Crippen LogP contribution in [0.1, 0.15) is 13.8 Å². The first-order valence-corrected chi connectivity index (χ1v) is 5.80. The zero-order valence-corrected chi connectivity index (χ0v) is 10.6. The molecule has 0 N–H and O–H groups in total. The number of ether oxygens (including phenoxy) is 1. The van der Waals surface area contributed by atoms with Crippen molar-refractivity contribution in [2.45, 2.75) is 25.9 Å². The number of allylic oxidation sites excluding steroid dienone is 2. The summed E-state index contributed by atoms with van der Waals surface area (Å²) in [7, 11) is 0. The van der Waals surface area contributed by atoms with Crippen LogP contribution in [0, 0.1) is 0 Å². The molecule has 0 aromatic carbocycles. The average Bonchev–Trinajstić information content (AvgIpc) is 2.53. The molecular weight excluding hydrogens is 250 g/mol. The number of hydrazine groups is 1. The number of carbonyl (C=O) groups excluding carboxylic acids is 2. The van der Waals surface area contributed by atoms with Crippen LogP contribution in [-0.4, -0.2) is 40.7 Å². The number of fused-ring (bicyclic) bond motifs is 1. The highest BCUT2D eigenvalue weighted by atomic mass is 16.6. The lowest BCUT2D eigenvalue weighted by Gasteiger charge is -2.46. The molecule has 2 aliphatic heterocycles. The van der Waals surface area contributed by atoms with Crippen molar-refractivity contribution in [1.82, 2.24) is 10.0 Å². The molecule has 8 heteroatoms. The smallest absolute Gasteiger partial charge is 0.433 e. The van der Waals surface area contributed by atoms with E-state index in [0.29, 0.717) is 0 Å². The van der Waals surface area contributed by atoms with Gasteiger partial charge in [0.05, 0.1) is 12.6 Å². The summed E-state index contributed by atoms with van der Waals surface area (Å²) < 4.78 is 4.88. The highest BCUT2D eigenvalue weighted by Gasteiger charge is 2.50. The molecule has 0 unspecified atom stereocenters. The van der Waals surface area contributed by atoms with Crippen molar-refractivity contribution >= 4 is 12.0 Å². The van der Waals surface area contributed by atoms with Gasteiger partial charge in [0.2, 0.25) is 0 Å². The van der Waals surface area contributed by atoms with E-state index >= 15 is 0 Å². The second-order valence-electron chi connectivity index (χ2n) is 4.09. The highest BCUT2D eigenvalue weighted by molar-refractivity contribution is 5.92. The standard InChI is InChI=1S/C11H13N5O3/c1-3-19-11(18)15-5-4-7(2)6-8-9(13-14-12)10(17)16(8)15/h4-6,8-9H,3H2,1-2H3/t8-,9-/m1/s1. The van der Waals surface area contributed by atoms with Crippen LogP contribution < -0.4 is 0 Å². The predicted molar refractivity (Wildman–Crippen MR) is 65.3 cm³/mol. The highest BCUT2D eigenvalue weighted by Crippen LogP contribution is 2.30. The lowest BCUT2D eigenvalue weighted by Crippen LogP contribution is -2.68. The van der Waals surface area contributed by atoms with Gasteiger partial charge >= 0.3 is 6.09 Å². The Morgan fingerprint density at radius 2 is 2.37 bits per heavy atom. The Hall–Kier alpha value is -2.47. The summed E-state index contributed by atoms with van der Waals surface area (Å²) >= 11 is 0. The molecular formula is C11H13N5O3. The maximum Gasteiger partial charge on any atom is 0.433 e. The first-order chi connectivity index (χ1) is 9.10. The summed E-state index contributed by atoms with van der Waals surface area (Å²) in [5.41, 5.74) is 9.32. The van der Waals surface area contributed by atoms with Gasteiger partial charge in [-0.15, -0.1) is 0 Å². The van der Waals surface area contributed by atoms with Gasteiger partial charge in [-0.25, -0.2) is 9.80 Å². The summed E-state index contributed by atoms with van der Waals surface area (Å²) in [6.07, 6.45) is 4.29.